The van der Waals surface area contributed by atoms with E-state index in [1.807, 2.05) is 4.98 Å². The summed E-state index contributed by atoms with van der Waals surface area (Å²) in [6.07, 6.45) is 1.04. The van der Waals surface area contributed by atoms with E-state index in [2.05, 4.69) is 0 Å². The van der Waals surface area contributed by atoms with Crippen LogP contribution in [0.2, 0.25) is 0 Å². The molecule has 0 saturated carbocycles. The van der Waals surface area contributed by atoms with Crippen LogP contribution in [0.3, 0.4) is 0 Å². The van der Waals surface area contributed by atoms with Crippen LogP contribution in [0.1, 0.15) is 17.2 Å². The van der Waals surface area contributed by atoms with Crippen molar-refractivity contribution in [3.8, 4) is 6.07 Å². The quantitative estimate of drug-likeness (QED) is 0.836. The SMILES string of the molecule is N#Cc1cn([C@@H](Cc2ccccc2)C(=O)O)c(=O)[nH]c1=O. The topological polar surface area (TPSA) is 116 Å². The highest BCUT2D eigenvalue weighted by atomic mass is 16.4. The van der Waals surface area contributed by atoms with E-state index >= 15 is 0 Å². The summed E-state index contributed by atoms with van der Waals surface area (Å²) in [5.74, 6) is -1.23. The van der Waals surface area contributed by atoms with E-state index in [4.69, 9.17) is 5.26 Å². The molecule has 0 fully saturated rings. The molecule has 7 nitrogen and oxygen atoms in total. The zero-order valence-electron chi connectivity index (χ0n) is 10.8. The van der Waals surface area contributed by atoms with Crippen molar-refractivity contribution in [3.63, 3.8) is 0 Å². The number of rotatable bonds is 4. The first-order chi connectivity index (χ1) is 10.0. The van der Waals surface area contributed by atoms with Gasteiger partial charge in [0.15, 0.2) is 0 Å². The molecule has 0 radical (unpaired) electrons. The molecule has 1 aromatic carbocycles. The number of carboxylic acids is 1. The largest absolute Gasteiger partial charge is 0.480 e. The number of hydrogen-bond donors (Lipinski definition) is 2. The Hall–Kier alpha value is -3.14. The van der Waals surface area contributed by atoms with Crippen molar-refractivity contribution < 1.29 is 9.90 Å². The summed E-state index contributed by atoms with van der Waals surface area (Å²) < 4.78 is 0.856. The van der Waals surface area contributed by atoms with E-state index in [0.717, 1.165) is 16.3 Å². The predicted molar refractivity (Wildman–Crippen MR) is 72.9 cm³/mol. The van der Waals surface area contributed by atoms with E-state index < -0.39 is 23.3 Å². The number of aliphatic carboxylic acids is 1. The molecule has 0 amide bonds. The molecule has 0 bridgehead atoms. The van der Waals surface area contributed by atoms with Crippen molar-refractivity contribution >= 4 is 5.97 Å². The number of aromatic nitrogens is 2. The summed E-state index contributed by atoms with van der Waals surface area (Å²) in [7, 11) is 0. The summed E-state index contributed by atoms with van der Waals surface area (Å²) >= 11 is 0. The predicted octanol–water partition coefficient (Wildman–Crippen LogP) is 0.277. The monoisotopic (exact) mass is 285 g/mol. The third-order valence-electron chi connectivity index (χ3n) is 2.98. The summed E-state index contributed by atoms with van der Waals surface area (Å²) in [4.78, 5) is 36.5. The molecule has 0 spiro atoms. The molecule has 0 unspecified atom stereocenters. The Morgan fingerprint density at radius 2 is 2.00 bits per heavy atom. The zero-order valence-corrected chi connectivity index (χ0v) is 10.8. The van der Waals surface area contributed by atoms with Gasteiger partial charge in [0.2, 0.25) is 0 Å². The molecule has 0 aliphatic carbocycles. The van der Waals surface area contributed by atoms with E-state index in [9.17, 15) is 19.5 Å². The first-order valence-electron chi connectivity index (χ1n) is 6.05. The van der Waals surface area contributed by atoms with Gasteiger partial charge in [-0.25, -0.2) is 9.59 Å². The highest BCUT2D eigenvalue weighted by Crippen LogP contribution is 2.13. The standard InChI is InChI=1S/C14H11N3O4/c15-7-10-8-17(14(21)16-12(10)18)11(13(19)20)6-9-4-2-1-3-5-9/h1-5,8,11H,6H2,(H,19,20)(H,16,18,21)/t11-/m0/s1. The van der Waals surface area contributed by atoms with Crippen LogP contribution >= 0.6 is 0 Å². The van der Waals surface area contributed by atoms with Gasteiger partial charge in [0.1, 0.15) is 17.7 Å². The molecule has 2 rings (SSSR count). The van der Waals surface area contributed by atoms with Crippen molar-refractivity contribution in [2.75, 3.05) is 0 Å². The van der Waals surface area contributed by atoms with Gasteiger partial charge in [-0.3, -0.25) is 14.3 Å². The molecule has 2 aromatic rings. The van der Waals surface area contributed by atoms with Gasteiger partial charge in [-0.2, -0.15) is 5.26 Å². The molecule has 2 N–H and O–H groups in total. The average molecular weight is 285 g/mol. The minimum Gasteiger partial charge on any atom is -0.480 e. The molecule has 1 aromatic heterocycles. The molecule has 0 aliphatic rings. The average Bonchev–Trinajstić information content (AvgIpc) is 2.46. The molecular weight excluding hydrogens is 274 g/mol. The minimum atomic E-state index is -1.23. The first kappa shape index (κ1) is 14.3. The Morgan fingerprint density at radius 3 is 2.57 bits per heavy atom. The Kier molecular flexibility index (Phi) is 4.00. The fourth-order valence-corrected chi connectivity index (χ4v) is 1.94. The second kappa shape index (κ2) is 5.88. The van der Waals surface area contributed by atoms with Crippen LogP contribution in [0.4, 0.5) is 0 Å². The zero-order chi connectivity index (χ0) is 15.4. The lowest BCUT2D eigenvalue weighted by Crippen LogP contribution is -2.37. The molecule has 7 heteroatoms. The van der Waals surface area contributed by atoms with Crippen LogP contribution in [0.25, 0.3) is 0 Å². The number of nitrogens with zero attached hydrogens (tertiary/aromatic N) is 2. The van der Waals surface area contributed by atoms with Crippen molar-refractivity contribution in [2.45, 2.75) is 12.5 Å². The van der Waals surface area contributed by atoms with Crippen LogP contribution in [0.5, 0.6) is 0 Å². The number of nitriles is 1. The molecule has 1 atom stereocenters. The van der Waals surface area contributed by atoms with Gasteiger partial charge in [0.05, 0.1) is 0 Å². The summed E-state index contributed by atoms with van der Waals surface area (Å²) in [6.45, 7) is 0. The third kappa shape index (κ3) is 3.06. The highest BCUT2D eigenvalue weighted by molar-refractivity contribution is 5.72. The lowest BCUT2D eigenvalue weighted by Gasteiger charge is -2.15. The first-order valence-corrected chi connectivity index (χ1v) is 6.05. The molecule has 0 aliphatic heterocycles. The smallest absolute Gasteiger partial charge is 0.329 e. The second-order valence-corrected chi connectivity index (χ2v) is 4.36. The number of aromatic amines is 1. The molecule has 106 valence electrons. The van der Waals surface area contributed by atoms with E-state index in [-0.39, 0.29) is 12.0 Å². The molecular formula is C14H11N3O4. The van der Waals surface area contributed by atoms with Gasteiger partial charge in [0.25, 0.3) is 5.56 Å². The maximum Gasteiger partial charge on any atom is 0.329 e. The van der Waals surface area contributed by atoms with Crippen LogP contribution in [-0.2, 0) is 11.2 Å². The summed E-state index contributed by atoms with van der Waals surface area (Å²) in [5.41, 5.74) is -1.28. The highest BCUT2D eigenvalue weighted by Gasteiger charge is 2.22. The normalized spacial score (nSPS) is 11.6. The number of benzene rings is 1. The molecule has 1 heterocycles. The van der Waals surface area contributed by atoms with E-state index in [1.165, 1.54) is 0 Å². The van der Waals surface area contributed by atoms with Crippen molar-refractivity contribution in [2.24, 2.45) is 0 Å². The van der Waals surface area contributed by atoms with Crippen LogP contribution in [0, 0.1) is 11.3 Å². The van der Waals surface area contributed by atoms with E-state index in [1.54, 1.807) is 36.4 Å². The lowest BCUT2D eigenvalue weighted by atomic mass is 10.1. The summed E-state index contributed by atoms with van der Waals surface area (Å²) in [6, 6.07) is 9.19. The van der Waals surface area contributed by atoms with Gasteiger partial charge in [-0.05, 0) is 5.56 Å². The fraction of sp³-hybridized carbons (Fsp3) is 0.143. The van der Waals surface area contributed by atoms with Gasteiger partial charge >= 0.3 is 11.7 Å². The maximum absolute atomic E-state index is 11.8. The second-order valence-electron chi connectivity index (χ2n) is 4.36. The number of nitrogens with one attached hydrogen (secondary N) is 1. The third-order valence-corrected chi connectivity index (χ3v) is 2.98. The molecule has 21 heavy (non-hydrogen) atoms. The van der Waals surface area contributed by atoms with Gasteiger partial charge in [-0.1, -0.05) is 30.3 Å². The lowest BCUT2D eigenvalue weighted by molar-refractivity contribution is -0.141. The fourth-order valence-electron chi connectivity index (χ4n) is 1.94. The Labute approximate surface area is 118 Å². The van der Waals surface area contributed by atoms with Crippen LogP contribution in [0.15, 0.2) is 46.1 Å². The van der Waals surface area contributed by atoms with Gasteiger partial charge < -0.3 is 5.11 Å². The van der Waals surface area contributed by atoms with Crippen LogP contribution in [-0.4, -0.2) is 20.6 Å². The molecule has 0 saturated heterocycles. The minimum absolute atomic E-state index is 0.0625. The number of carbonyl (C=O) groups is 1. The van der Waals surface area contributed by atoms with E-state index in [0.29, 0.717) is 0 Å². The number of carboxylic acid groups (broad SMARTS) is 1. The van der Waals surface area contributed by atoms with Crippen molar-refractivity contribution in [1.29, 1.82) is 5.26 Å². The Balaban J connectivity index is 2.49. The van der Waals surface area contributed by atoms with Crippen molar-refractivity contribution in [3.05, 3.63) is 68.5 Å². The number of hydrogen-bond acceptors (Lipinski definition) is 4. The number of H-pyrrole nitrogens is 1. The van der Waals surface area contributed by atoms with Gasteiger partial charge in [0, 0.05) is 12.6 Å². The van der Waals surface area contributed by atoms with Crippen LogP contribution < -0.4 is 11.2 Å². The van der Waals surface area contributed by atoms with Crippen molar-refractivity contribution in [1.82, 2.24) is 9.55 Å². The maximum atomic E-state index is 11.8. The Bertz CT molecular complexity index is 815. The van der Waals surface area contributed by atoms with Gasteiger partial charge in [-0.15, -0.1) is 0 Å². The summed E-state index contributed by atoms with van der Waals surface area (Å²) in [5, 5.41) is 18.1. The Morgan fingerprint density at radius 1 is 1.33 bits per heavy atom.